The van der Waals surface area contributed by atoms with E-state index >= 15 is 0 Å². The zero-order valence-corrected chi connectivity index (χ0v) is 10.9. The number of hydrogen-bond donors (Lipinski definition) is 1. The molecule has 0 spiro atoms. The summed E-state index contributed by atoms with van der Waals surface area (Å²) < 4.78 is 0. The van der Waals surface area contributed by atoms with Gasteiger partial charge in [0.2, 0.25) is 5.91 Å². The van der Waals surface area contributed by atoms with Crippen LogP contribution >= 0.6 is 0 Å². The van der Waals surface area contributed by atoms with E-state index in [1.807, 2.05) is 4.90 Å². The number of carbonyl (C=O) groups excluding carboxylic acids is 1. The second kappa shape index (κ2) is 5.83. The molecule has 1 amide bonds. The molecule has 0 aromatic rings. The van der Waals surface area contributed by atoms with Gasteiger partial charge in [-0.15, -0.1) is 0 Å². The molecule has 1 aliphatic heterocycles. The fourth-order valence-corrected chi connectivity index (χ4v) is 3.08. The molecular weight excluding hydrogens is 214 g/mol. The standard InChI is InChI=1S/C13H25N3O/c1-11(14)13(17)16-8-4-7-15(9-10-16)12-5-2-3-6-12/h11-12H,2-10,14H2,1H3. The number of carbonyl (C=O) groups is 1. The van der Waals surface area contributed by atoms with Gasteiger partial charge >= 0.3 is 0 Å². The predicted octanol–water partition coefficient (Wildman–Crippen LogP) is 0.811. The molecule has 1 aliphatic carbocycles. The van der Waals surface area contributed by atoms with E-state index in [4.69, 9.17) is 5.73 Å². The number of nitrogens with zero attached hydrogens (tertiary/aromatic N) is 2. The van der Waals surface area contributed by atoms with Crippen molar-refractivity contribution >= 4 is 5.91 Å². The molecule has 0 aromatic heterocycles. The van der Waals surface area contributed by atoms with Crippen molar-refractivity contribution in [3.05, 3.63) is 0 Å². The molecule has 0 radical (unpaired) electrons. The van der Waals surface area contributed by atoms with Crippen molar-refractivity contribution in [1.82, 2.24) is 9.80 Å². The van der Waals surface area contributed by atoms with Gasteiger partial charge in [-0.3, -0.25) is 9.69 Å². The molecule has 1 saturated heterocycles. The Balaban J connectivity index is 1.86. The van der Waals surface area contributed by atoms with E-state index in [1.165, 1.54) is 25.7 Å². The van der Waals surface area contributed by atoms with Crippen LogP contribution in [0.4, 0.5) is 0 Å². The Hall–Kier alpha value is -0.610. The Morgan fingerprint density at radius 1 is 1.12 bits per heavy atom. The van der Waals surface area contributed by atoms with E-state index < -0.39 is 0 Å². The molecule has 1 saturated carbocycles. The highest BCUT2D eigenvalue weighted by Crippen LogP contribution is 2.24. The van der Waals surface area contributed by atoms with E-state index in [2.05, 4.69) is 4.90 Å². The number of nitrogens with two attached hydrogens (primary N) is 1. The Bertz CT molecular complexity index is 261. The van der Waals surface area contributed by atoms with Crippen LogP contribution in [0.1, 0.15) is 39.0 Å². The van der Waals surface area contributed by atoms with Crippen LogP contribution in [0.3, 0.4) is 0 Å². The summed E-state index contributed by atoms with van der Waals surface area (Å²) in [6, 6.07) is 0.424. The van der Waals surface area contributed by atoms with Gasteiger partial charge in [0.1, 0.15) is 0 Å². The van der Waals surface area contributed by atoms with Crippen molar-refractivity contribution in [2.45, 2.75) is 51.1 Å². The fourth-order valence-electron chi connectivity index (χ4n) is 3.08. The maximum Gasteiger partial charge on any atom is 0.239 e. The molecule has 4 nitrogen and oxygen atoms in total. The lowest BCUT2D eigenvalue weighted by Crippen LogP contribution is -2.44. The van der Waals surface area contributed by atoms with Crippen molar-refractivity contribution in [2.75, 3.05) is 26.2 Å². The monoisotopic (exact) mass is 239 g/mol. The minimum Gasteiger partial charge on any atom is -0.340 e. The first-order chi connectivity index (χ1) is 8.18. The molecule has 17 heavy (non-hydrogen) atoms. The van der Waals surface area contributed by atoms with Gasteiger partial charge in [-0.25, -0.2) is 0 Å². The molecule has 98 valence electrons. The van der Waals surface area contributed by atoms with Gasteiger partial charge in [0.15, 0.2) is 0 Å². The van der Waals surface area contributed by atoms with Crippen LogP contribution in [0.25, 0.3) is 0 Å². The quantitative estimate of drug-likeness (QED) is 0.776. The van der Waals surface area contributed by atoms with Gasteiger partial charge in [0.05, 0.1) is 6.04 Å². The topological polar surface area (TPSA) is 49.6 Å². The van der Waals surface area contributed by atoms with Crippen molar-refractivity contribution in [3.8, 4) is 0 Å². The summed E-state index contributed by atoms with van der Waals surface area (Å²) >= 11 is 0. The van der Waals surface area contributed by atoms with Crippen LogP contribution in [0, 0.1) is 0 Å². The maximum absolute atomic E-state index is 11.9. The molecule has 1 atom stereocenters. The van der Waals surface area contributed by atoms with Gasteiger partial charge in [0, 0.05) is 32.2 Å². The normalized spacial score (nSPS) is 25.9. The van der Waals surface area contributed by atoms with E-state index in [0.717, 1.165) is 38.6 Å². The van der Waals surface area contributed by atoms with E-state index in [-0.39, 0.29) is 11.9 Å². The van der Waals surface area contributed by atoms with Gasteiger partial charge < -0.3 is 10.6 Å². The highest BCUT2D eigenvalue weighted by Gasteiger charge is 2.26. The smallest absolute Gasteiger partial charge is 0.239 e. The van der Waals surface area contributed by atoms with Crippen molar-refractivity contribution < 1.29 is 4.79 Å². The highest BCUT2D eigenvalue weighted by atomic mass is 16.2. The van der Waals surface area contributed by atoms with E-state index in [0.29, 0.717) is 0 Å². The summed E-state index contributed by atoms with van der Waals surface area (Å²) in [4.78, 5) is 16.4. The van der Waals surface area contributed by atoms with Crippen molar-refractivity contribution in [1.29, 1.82) is 0 Å². The first-order valence-electron chi connectivity index (χ1n) is 6.97. The van der Waals surface area contributed by atoms with Crippen LogP contribution in [0.15, 0.2) is 0 Å². The maximum atomic E-state index is 11.9. The lowest BCUT2D eigenvalue weighted by molar-refractivity contribution is -0.132. The molecule has 2 aliphatic rings. The lowest BCUT2D eigenvalue weighted by atomic mass is 10.2. The van der Waals surface area contributed by atoms with Crippen LogP contribution in [0.5, 0.6) is 0 Å². The summed E-state index contributed by atoms with van der Waals surface area (Å²) in [5, 5.41) is 0. The SMILES string of the molecule is CC(N)C(=O)N1CCCN(C2CCCC2)CC1. The summed E-state index contributed by atoms with van der Waals surface area (Å²) in [6.07, 6.45) is 6.55. The third kappa shape index (κ3) is 3.19. The van der Waals surface area contributed by atoms with Crippen LogP contribution in [-0.2, 0) is 4.79 Å². The predicted molar refractivity (Wildman–Crippen MR) is 68.7 cm³/mol. The second-order valence-electron chi connectivity index (χ2n) is 5.44. The Morgan fingerprint density at radius 3 is 2.47 bits per heavy atom. The Kier molecular flexibility index (Phi) is 4.40. The fraction of sp³-hybridized carbons (Fsp3) is 0.923. The van der Waals surface area contributed by atoms with Gasteiger partial charge in [-0.05, 0) is 26.2 Å². The molecule has 0 aromatic carbocycles. The largest absolute Gasteiger partial charge is 0.340 e. The second-order valence-corrected chi connectivity index (χ2v) is 5.44. The average Bonchev–Trinajstić information content (AvgIpc) is 2.73. The van der Waals surface area contributed by atoms with Gasteiger partial charge in [-0.2, -0.15) is 0 Å². The number of rotatable bonds is 2. The molecule has 4 heteroatoms. The minimum absolute atomic E-state index is 0.110. The minimum atomic E-state index is -0.354. The molecule has 2 fully saturated rings. The third-order valence-corrected chi connectivity index (χ3v) is 4.07. The molecule has 1 unspecified atom stereocenters. The molecule has 2 N–H and O–H groups in total. The van der Waals surface area contributed by atoms with Crippen LogP contribution < -0.4 is 5.73 Å². The van der Waals surface area contributed by atoms with Gasteiger partial charge in [-0.1, -0.05) is 12.8 Å². The summed E-state index contributed by atoms with van der Waals surface area (Å²) in [5.74, 6) is 0.110. The Morgan fingerprint density at radius 2 is 1.82 bits per heavy atom. The first-order valence-corrected chi connectivity index (χ1v) is 6.97. The summed E-state index contributed by atoms with van der Waals surface area (Å²) in [6.45, 7) is 5.69. The zero-order chi connectivity index (χ0) is 12.3. The number of amides is 1. The zero-order valence-electron chi connectivity index (χ0n) is 10.9. The first kappa shape index (κ1) is 12.8. The summed E-state index contributed by atoms with van der Waals surface area (Å²) in [5.41, 5.74) is 5.67. The molecule has 1 heterocycles. The third-order valence-electron chi connectivity index (χ3n) is 4.07. The van der Waals surface area contributed by atoms with E-state index in [9.17, 15) is 4.79 Å². The summed E-state index contributed by atoms with van der Waals surface area (Å²) in [7, 11) is 0. The van der Waals surface area contributed by atoms with Gasteiger partial charge in [0.25, 0.3) is 0 Å². The molecular formula is C13H25N3O. The molecule has 2 rings (SSSR count). The lowest BCUT2D eigenvalue weighted by Gasteiger charge is -2.27. The number of hydrogen-bond acceptors (Lipinski definition) is 3. The van der Waals surface area contributed by atoms with Crippen LogP contribution in [0.2, 0.25) is 0 Å². The van der Waals surface area contributed by atoms with Crippen LogP contribution in [-0.4, -0.2) is 54.0 Å². The van der Waals surface area contributed by atoms with E-state index in [1.54, 1.807) is 6.92 Å². The van der Waals surface area contributed by atoms with Crippen molar-refractivity contribution in [2.24, 2.45) is 5.73 Å². The average molecular weight is 239 g/mol. The van der Waals surface area contributed by atoms with Crippen molar-refractivity contribution in [3.63, 3.8) is 0 Å². The highest BCUT2D eigenvalue weighted by molar-refractivity contribution is 5.81. The Labute approximate surface area is 104 Å². The molecule has 0 bridgehead atoms.